The first-order chi connectivity index (χ1) is 11.5. The summed E-state index contributed by atoms with van der Waals surface area (Å²) < 4.78 is 6.95. The molecule has 2 amide bonds. The molecule has 0 saturated carbocycles. The summed E-state index contributed by atoms with van der Waals surface area (Å²) in [5.74, 6) is -0.0169. The number of hydrogen-bond donors (Lipinski definition) is 1. The van der Waals surface area contributed by atoms with Crippen molar-refractivity contribution in [2.24, 2.45) is 0 Å². The molecule has 0 atom stereocenters. The number of aromatic nitrogens is 2. The van der Waals surface area contributed by atoms with Crippen LogP contribution in [0.15, 0.2) is 28.9 Å². The molecule has 0 spiro atoms. The average molecular weight is 331 g/mol. The summed E-state index contributed by atoms with van der Waals surface area (Å²) in [6.45, 7) is 2.85. The lowest BCUT2D eigenvalue weighted by Gasteiger charge is -2.26. The Morgan fingerprint density at radius 1 is 1.38 bits per heavy atom. The molecule has 3 rings (SSSR count). The van der Waals surface area contributed by atoms with E-state index in [-0.39, 0.29) is 11.8 Å². The van der Waals surface area contributed by atoms with E-state index < -0.39 is 0 Å². The Bertz CT molecular complexity index is 720. The molecule has 0 saturated heterocycles. The molecule has 2 aromatic heterocycles. The number of amides is 2. The van der Waals surface area contributed by atoms with Crippen molar-refractivity contribution in [1.82, 2.24) is 24.9 Å². The first-order valence-corrected chi connectivity index (χ1v) is 7.87. The molecule has 0 unspecified atom stereocenters. The zero-order valence-corrected chi connectivity index (χ0v) is 13.9. The highest BCUT2D eigenvalue weighted by Gasteiger charge is 2.25. The highest BCUT2D eigenvalue weighted by Crippen LogP contribution is 2.16. The SMILES string of the molecule is CN(C)CCNC(=O)c1cc2n(n1)CCN(C(=O)c1ccco1)C2. The monoisotopic (exact) mass is 331 g/mol. The molecule has 24 heavy (non-hydrogen) atoms. The minimum absolute atomic E-state index is 0.149. The van der Waals surface area contributed by atoms with Gasteiger partial charge in [0.05, 0.1) is 25.0 Å². The second-order valence-corrected chi connectivity index (χ2v) is 6.01. The lowest BCUT2D eigenvalue weighted by Crippen LogP contribution is -2.38. The van der Waals surface area contributed by atoms with Gasteiger partial charge in [-0.1, -0.05) is 0 Å². The second-order valence-electron chi connectivity index (χ2n) is 6.01. The molecule has 0 bridgehead atoms. The van der Waals surface area contributed by atoms with Gasteiger partial charge in [-0.25, -0.2) is 0 Å². The molecule has 0 aromatic carbocycles. The van der Waals surface area contributed by atoms with Crippen LogP contribution in [0.5, 0.6) is 0 Å². The Labute approximate surface area is 140 Å². The molecule has 3 heterocycles. The number of furan rings is 1. The second kappa shape index (κ2) is 6.88. The van der Waals surface area contributed by atoms with Crippen LogP contribution in [0.1, 0.15) is 26.7 Å². The maximum absolute atomic E-state index is 12.3. The number of hydrogen-bond acceptors (Lipinski definition) is 5. The number of fused-ring (bicyclic) bond motifs is 1. The highest BCUT2D eigenvalue weighted by molar-refractivity contribution is 5.93. The van der Waals surface area contributed by atoms with Crippen molar-refractivity contribution in [3.8, 4) is 0 Å². The van der Waals surface area contributed by atoms with E-state index >= 15 is 0 Å². The summed E-state index contributed by atoms with van der Waals surface area (Å²) in [5.41, 5.74) is 1.23. The van der Waals surface area contributed by atoms with Gasteiger partial charge < -0.3 is 19.5 Å². The Kier molecular flexibility index (Phi) is 4.66. The average Bonchev–Trinajstić information content (AvgIpc) is 3.22. The third kappa shape index (κ3) is 3.48. The van der Waals surface area contributed by atoms with Crippen molar-refractivity contribution >= 4 is 11.8 Å². The van der Waals surface area contributed by atoms with Gasteiger partial charge in [-0.2, -0.15) is 5.10 Å². The zero-order valence-electron chi connectivity index (χ0n) is 13.9. The smallest absolute Gasteiger partial charge is 0.289 e. The number of carbonyl (C=O) groups excluding carboxylic acids is 2. The van der Waals surface area contributed by atoms with E-state index in [1.807, 2.05) is 19.0 Å². The van der Waals surface area contributed by atoms with Crippen molar-refractivity contribution in [2.45, 2.75) is 13.1 Å². The topological polar surface area (TPSA) is 83.6 Å². The highest BCUT2D eigenvalue weighted by atomic mass is 16.3. The predicted molar refractivity (Wildman–Crippen MR) is 86.6 cm³/mol. The molecule has 1 aliphatic rings. The van der Waals surface area contributed by atoms with Gasteiger partial charge in [0.2, 0.25) is 0 Å². The molecular formula is C16H21N5O3. The molecule has 8 heteroatoms. The zero-order chi connectivity index (χ0) is 17.1. The molecular weight excluding hydrogens is 310 g/mol. The van der Waals surface area contributed by atoms with Gasteiger partial charge in [0, 0.05) is 19.6 Å². The van der Waals surface area contributed by atoms with E-state index in [0.717, 1.165) is 12.2 Å². The molecule has 2 aromatic rings. The third-order valence-corrected chi connectivity index (χ3v) is 3.89. The van der Waals surface area contributed by atoms with E-state index in [2.05, 4.69) is 10.4 Å². The quantitative estimate of drug-likeness (QED) is 0.859. The van der Waals surface area contributed by atoms with Gasteiger partial charge in [-0.15, -0.1) is 0 Å². The first-order valence-electron chi connectivity index (χ1n) is 7.87. The van der Waals surface area contributed by atoms with Gasteiger partial charge in [0.1, 0.15) is 0 Å². The van der Waals surface area contributed by atoms with Gasteiger partial charge in [0.15, 0.2) is 11.5 Å². The summed E-state index contributed by atoms with van der Waals surface area (Å²) in [4.78, 5) is 28.2. The Morgan fingerprint density at radius 3 is 2.92 bits per heavy atom. The van der Waals surface area contributed by atoms with Crippen LogP contribution in [-0.2, 0) is 13.1 Å². The van der Waals surface area contributed by atoms with Crippen molar-refractivity contribution in [2.75, 3.05) is 33.7 Å². The number of nitrogens with one attached hydrogen (secondary N) is 1. The molecule has 128 valence electrons. The fourth-order valence-corrected chi connectivity index (χ4v) is 2.59. The maximum Gasteiger partial charge on any atom is 0.289 e. The molecule has 1 N–H and O–H groups in total. The molecule has 0 fully saturated rings. The van der Waals surface area contributed by atoms with Crippen molar-refractivity contribution < 1.29 is 14.0 Å². The fourth-order valence-electron chi connectivity index (χ4n) is 2.59. The summed E-state index contributed by atoms with van der Waals surface area (Å²) in [5, 5.41) is 7.18. The van der Waals surface area contributed by atoms with Crippen molar-refractivity contribution in [3.63, 3.8) is 0 Å². The maximum atomic E-state index is 12.3. The third-order valence-electron chi connectivity index (χ3n) is 3.89. The van der Waals surface area contributed by atoms with Gasteiger partial charge in [0.25, 0.3) is 11.8 Å². The minimum atomic E-state index is -0.192. The van der Waals surface area contributed by atoms with Crippen molar-refractivity contribution in [3.05, 3.63) is 41.6 Å². The van der Waals surface area contributed by atoms with E-state index in [4.69, 9.17) is 4.42 Å². The van der Waals surface area contributed by atoms with E-state index in [0.29, 0.717) is 37.6 Å². The van der Waals surface area contributed by atoms with Gasteiger partial charge in [-0.05, 0) is 32.3 Å². The number of likely N-dealkylation sites (N-methyl/N-ethyl adjacent to an activating group) is 1. The summed E-state index contributed by atoms with van der Waals surface area (Å²) >= 11 is 0. The number of carbonyl (C=O) groups is 2. The normalized spacial score (nSPS) is 13.9. The van der Waals surface area contributed by atoms with Crippen LogP contribution in [0.25, 0.3) is 0 Å². The molecule has 1 aliphatic heterocycles. The fraction of sp³-hybridized carbons (Fsp3) is 0.438. The number of rotatable bonds is 5. The lowest BCUT2D eigenvalue weighted by atomic mass is 10.2. The minimum Gasteiger partial charge on any atom is -0.459 e. The van der Waals surface area contributed by atoms with Crippen molar-refractivity contribution in [1.29, 1.82) is 0 Å². The van der Waals surface area contributed by atoms with Crippen LogP contribution in [0.2, 0.25) is 0 Å². The lowest BCUT2D eigenvalue weighted by molar-refractivity contribution is 0.0673. The Morgan fingerprint density at radius 2 is 2.21 bits per heavy atom. The van der Waals surface area contributed by atoms with E-state index in [9.17, 15) is 9.59 Å². The van der Waals surface area contributed by atoms with Crippen LogP contribution in [-0.4, -0.2) is 65.1 Å². The predicted octanol–water partition coefficient (Wildman–Crippen LogP) is 0.424. The first kappa shape index (κ1) is 16.3. The van der Waals surface area contributed by atoms with Crippen LogP contribution in [0, 0.1) is 0 Å². The Balaban J connectivity index is 1.64. The van der Waals surface area contributed by atoms with E-state index in [1.54, 1.807) is 27.8 Å². The van der Waals surface area contributed by atoms with Crippen LogP contribution in [0.3, 0.4) is 0 Å². The number of nitrogens with zero attached hydrogens (tertiary/aromatic N) is 4. The van der Waals surface area contributed by atoms with E-state index in [1.165, 1.54) is 6.26 Å². The standard InChI is InChI=1S/C16H21N5O3/c1-19(2)6-5-17-15(22)13-10-12-11-20(7-8-21(12)18-13)16(23)14-4-3-9-24-14/h3-4,9-10H,5-8,11H2,1-2H3,(H,17,22). The summed E-state index contributed by atoms with van der Waals surface area (Å²) in [6, 6.07) is 5.09. The largest absolute Gasteiger partial charge is 0.459 e. The summed E-state index contributed by atoms with van der Waals surface area (Å²) in [7, 11) is 3.90. The van der Waals surface area contributed by atoms with Crippen LogP contribution in [0.4, 0.5) is 0 Å². The molecule has 0 radical (unpaired) electrons. The molecule has 0 aliphatic carbocycles. The molecule has 8 nitrogen and oxygen atoms in total. The summed E-state index contributed by atoms with van der Waals surface area (Å²) in [6.07, 6.45) is 1.48. The van der Waals surface area contributed by atoms with Crippen LogP contribution >= 0.6 is 0 Å². The van der Waals surface area contributed by atoms with Gasteiger partial charge >= 0.3 is 0 Å². The van der Waals surface area contributed by atoms with Crippen LogP contribution < -0.4 is 5.32 Å². The Hall–Kier alpha value is -2.61. The van der Waals surface area contributed by atoms with Gasteiger partial charge in [-0.3, -0.25) is 14.3 Å².